The molecule has 0 heterocycles. The fourth-order valence-electron chi connectivity index (χ4n) is 1.28. The maximum Gasteiger partial charge on any atom is 0.330 e. The van der Waals surface area contributed by atoms with Crippen molar-refractivity contribution in [3.05, 3.63) is 40.4 Å². The van der Waals surface area contributed by atoms with Crippen LogP contribution in [0.25, 0.3) is 0 Å². The first-order valence-electron chi connectivity index (χ1n) is 6.44. The zero-order valence-corrected chi connectivity index (χ0v) is 13.6. The molecule has 0 unspecified atom stereocenters. The van der Waals surface area contributed by atoms with E-state index < -0.39 is 17.8 Å². The molecule has 0 atom stereocenters. The summed E-state index contributed by atoms with van der Waals surface area (Å²) in [7, 11) is 0. The molecule has 23 heavy (non-hydrogen) atoms. The van der Waals surface area contributed by atoms with E-state index in [1.165, 1.54) is 12.1 Å². The highest BCUT2D eigenvalue weighted by molar-refractivity contribution is 6.35. The summed E-state index contributed by atoms with van der Waals surface area (Å²) < 4.78 is 9.76. The van der Waals surface area contributed by atoms with Crippen molar-refractivity contribution >= 4 is 41.0 Å². The second kappa shape index (κ2) is 9.70. The Hall–Kier alpha value is -2.25. The summed E-state index contributed by atoms with van der Waals surface area (Å²) >= 11 is 11.6. The number of hydrogen-bond acceptors (Lipinski definition) is 5. The zero-order valence-electron chi connectivity index (χ0n) is 12.1. The molecule has 7 nitrogen and oxygen atoms in total. The Bertz CT molecular complexity index is 619. The first-order chi connectivity index (χ1) is 10.9. The molecule has 124 valence electrons. The van der Waals surface area contributed by atoms with Gasteiger partial charge in [-0.05, 0) is 25.1 Å². The number of ether oxygens (including phenoxy) is 2. The van der Waals surface area contributed by atoms with Crippen LogP contribution in [0.2, 0.25) is 10.0 Å². The van der Waals surface area contributed by atoms with Gasteiger partial charge in [-0.25, -0.2) is 4.79 Å². The molecular weight excluding hydrogens is 347 g/mol. The largest absolute Gasteiger partial charge is 0.482 e. The van der Waals surface area contributed by atoms with Crippen molar-refractivity contribution in [3.63, 3.8) is 0 Å². The summed E-state index contributed by atoms with van der Waals surface area (Å²) in [6, 6.07) is 4.54. The van der Waals surface area contributed by atoms with Crippen LogP contribution in [0.3, 0.4) is 0 Å². The summed E-state index contributed by atoms with van der Waals surface area (Å²) in [4.78, 5) is 33.8. The van der Waals surface area contributed by atoms with Crippen LogP contribution >= 0.6 is 23.2 Å². The summed E-state index contributed by atoms with van der Waals surface area (Å²) in [6.45, 7) is 1.47. The molecule has 1 rings (SSSR count). The molecule has 9 heteroatoms. The van der Waals surface area contributed by atoms with Crippen molar-refractivity contribution in [2.75, 3.05) is 13.2 Å². The van der Waals surface area contributed by atoms with Gasteiger partial charge >= 0.3 is 5.97 Å². The van der Waals surface area contributed by atoms with Gasteiger partial charge < -0.3 is 9.47 Å². The Labute approximate surface area is 142 Å². The van der Waals surface area contributed by atoms with Crippen LogP contribution in [-0.2, 0) is 19.1 Å². The van der Waals surface area contributed by atoms with E-state index in [0.29, 0.717) is 5.02 Å². The Morgan fingerprint density at radius 1 is 1.17 bits per heavy atom. The van der Waals surface area contributed by atoms with Gasteiger partial charge in [-0.15, -0.1) is 0 Å². The van der Waals surface area contributed by atoms with Crippen molar-refractivity contribution in [2.24, 2.45) is 0 Å². The maximum atomic E-state index is 11.5. The van der Waals surface area contributed by atoms with E-state index in [1.807, 2.05) is 0 Å². The predicted molar refractivity (Wildman–Crippen MR) is 84.0 cm³/mol. The number of carbonyl (C=O) groups excluding carboxylic acids is 3. The molecule has 2 N–H and O–H groups in total. The highest BCUT2D eigenvalue weighted by Gasteiger charge is 2.07. The molecule has 1 aromatic rings. The molecule has 2 amide bonds. The number of benzene rings is 1. The lowest BCUT2D eigenvalue weighted by Gasteiger charge is -2.09. The molecule has 0 aliphatic carbocycles. The Morgan fingerprint density at radius 3 is 2.57 bits per heavy atom. The van der Waals surface area contributed by atoms with Gasteiger partial charge in [0.15, 0.2) is 6.61 Å². The monoisotopic (exact) mass is 360 g/mol. The molecule has 0 bridgehead atoms. The Kier molecular flexibility index (Phi) is 7.93. The number of hydrazine groups is 1. The fourth-order valence-corrected chi connectivity index (χ4v) is 1.74. The van der Waals surface area contributed by atoms with E-state index in [1.54, 1.807) is 13.0 Å². The van der Waals surface area contributed by atoms with Crippen LogP contribution in [0.1, 0.15) is 6.92 Å². The second-order valence-electron chi connectivity index (χ2n) is 3.99. The van der Waals surface area contributed by atoms with Crippen molar-refractivity contribution in [1.29, 1.82) is 0 Å². The minimum absolute atomic E-state index is 0.201. The lowest BCUT2D eigenvalue weighted by molar-refractivity contribution is -0.137. The van der Waals surface area contributed by atoms with E-state index >= 15 is 0 Å². The molecule has 0 aliphatic rings. The van der Waals surface area contributed by atoms with E-state index in [-0.39, 0.29) is 24.0 Å². The Balaban J connectivity index is 2.34. The van der Waals surface area contributed by atoms with E-state index in [2.05, 4.69) is 15.6 Å². The highest BCUT2D eigenvalue weighted by Crippen LogP contribution is 2.27. The van der Waals surface area contributed by atoms with Crippen LogP contribution in [0, 0.1) is 0 Å². The van der Waals surface area contributed by atoms with Gasteiger partial charge in [0.2, 0.25) is 0 Å². The van der Waals surface area contributed by atoms with Gasteiger partial charge in [0.25, 0.3) is 11.8 Å². The van der Waals surface area contributed by atoms with Crippen molar-refractivity contribution in [2.45, 2.75) is 6.92 Å². The normalized spacial score (nSPS) is 10.2. The number of amides is 2. The first kappa shape index (κ1) is 18.8. The average Bonchev–Trinajstić information content (AvgIpc) is 2.50. The number of rotatable bonds is 6. The van der Waals surface area contributed by atoms with Gasteiger partial charge in [-0.3, -0.25) is 20.4 Å². The van der Waals surface area contributed by atoms with Crippen molar-refractivity contribution in [1.82, 2.24) is 10.9 Å². The number of carbonyl (C=O) groups is 3. The molecule has 0 spiro atoms. The third kappa shape index (κ3) is 7.53. The standard InChI is InChI=1S/C14H14Cl2N2O5/c1-2-22-14(21)6-5-12(19)17-18-13(20)8-23-11-4-3-9(15)7-10(11)16/h3-7H,2,8H2,1H3,(H,17,19)(H,18,20)/b6-5+. The fraction of sp³-hybridized carbons (Fsp3) is 0.214. The third-order valence-corrected chi connectivity index (χ3v) is 2.77. The number of esters is 1. The van der Waals surface area contributed by atoms with Gasteiger partial charge in [-0.1, -0.05) is 23.2 Å². The SMILES string of the molecule is CCOC(=O)/C=C/C(=O)NNC(=O)COc1ccc(Cl)cc1Cl. The van der Waals surface area contributed by atoms with Crippen LogP contribution in [0.4, 0.5) is 0 Å². The van der Waals surface area contributed by atoms with E-state index in [0.717, 1.165) is 12.2 Å². The zero-order chi connectivity index (χ0) is 17.2. The molecular formula is C14H14Cl2N2O5. The minimum Gasteiger partial charge on any atom is -0.482 e. The number of nitrogens with one attached hydrogen (secondary N) is 2. The lowest BCUT2D eigenvalue weighted by atomic mass is 10.3. The summed E-state index contributed by atoms with van der Waals surface area (Å²) in [5.74, 6) is -1.70. The van der Waals surface area contributed by atoms with Crippen LogP contribution < -0.4 is 15.6 Å². The molecule has 0 radical (unpaired) electrons. The van der Waals surface area contributed by atoms with Crippen molar-refractivity contribution in [3.8, 4) is 5.75 Å². The molecule has 0 saturated heterocycles. The average molecular weight is 361 g/mol. The maximum absolute atomic E-state index is 11.5. The summed E-state index contributed by atoms with van der Waals surface area (Å²) in [6.07, 6.45) is 1.87. The molecule has 1 aromatic carbocycles. The van der Waals surface area contributed by atoms with E-state index in [9.17, 15) is 14.4 Å². The number of hydrogen-bond donors (Lipinski definition) is 2. The predicted octanol–water partition coefficient (Wildman–Crippen LogP) is 1.64. The van der Waals surface area contributed by atoms with Gasteiger partial charge in [0.1, 0.15) is 5.75 Å². The quantitative estimate of drug-likeness (QED) is 0.456. The van der Waals surface area contributed by atoms with Crippen LogP contribution in [0.5, 0.6) is 5.75 Å². The molecule has 0 fully saturated rings. The van der Waals surface area contributed by atoms with Crippen molar-refractivity contribution < 1.29 is 23.9 Å². The lowest BCUT2D eigenvalue weighted by Crippen LogP contribution is -2.43. The van der Waals surface area contributed by atoms with Gasteiger partial charge in [-0.2, -0.15) is 0 Å². The second-order valence-corrected chi connectivity index (χ2v) is 4.83. The topological polar surface area (TPSA) is 93.7 Å². The van der Waals surface area contributed by atoms with Crippen LogP contribution in [-0.4, -0.2) is 31.0 Å². The minimum atomic E-state index is -0.698. The first-order valence-corrected chi connectivity index (χ1v) is 7.19. The molecule has 0 aromatic heterocycles. The number of halogens is 2. The smallest absolute Gasteiger partial charge is 0.330 e. The van der Waals surface area contributed by atoms with Gasteiger partial charge in [0, 0.05) is 17.2 Å². The van der Waals surface area contributed by atoms with Gasteiger partial charge in [0.05, 0.1) is 11.6 Å². The summed E-state index contributed by atoms with van der Waals surface area (Å²) in [5.41, 5.74) is 4.18. The third-order valence-electron chi connectivity index (χ3n) is 2.24. The summed E-state index contributed by atoms with van der Waals surface area (Å²) in [5, 5.41) is 0.694. The molecule has 0 aliphatic heterocycles. The van der Waals surface area contributed by atoms with Crippen LogP contribution in [0.15, 0.2) is 30.4 Å². The van der Waals surface area contributed by atoms with E-state index in [4.69, 9.17) is 27.9 Å². The highest BCUT2D eigenvalue weighted by atomic mass is 35.5. The molecule has 0 saturated carbocycles. The Morgan fingerprint density at radius 2 is 1.91 bits per heavy atom.